The van der Waals surface area contributed by atoms with Gasteiger partial charge in [-0.3, -0.25) is 0 Å². The Morgan fingerprint density at radius 2 is 2.30 bits per heavy atom. The first-order valence-electron chi connectivity index (χ1n) is 7.51. The fourth-order valence-electron chi connectivity index (χ4n) is 2.95. The zero-order chi connectivity index (χ0) is 14.4. The molecule has 1 unspecified atom stereocenters. The van der Waals surface area contributed by atoms with Gasteiger partial charge in [0.25, 0.3) is 0 Å². The van der Waals surface area contributed by atoms with Crippen LogP contribution in [0.25, 0.3) is 0 Å². The van der Waals surface area contributed by atoms with Crippen LogP contribution in [0.1, 0.15) is 31.7 Å². The van der Waals surface area contributed by atoms with E-state index in [1.807, 2.05) is 0 Å². The highest BCUT2D eigenvalue weighted by atomic mass is 79.9. The number of nitrogens with one attached hydrogen (secondary N) is 1. The van der Waals surface area contributed by atoms with Gasteiger partial charge in [0.1, 0.15) is 0 Å². The van der Waals surface area contributed by atoms with Crippen molar-refractivity contribution in [2.24, 2.45) is 0 Å². The van der Waals surface area contributed by atoms with E-state index in [9.17, 15) is 0 Å². The van der Waals surface area contributed by atoms with Crippen molar-refractivity contribution in [1.82, 2.24) is 5.32 Å². The summed E-state index contributed by atoms with van der Waals surface area (Å²) in [6, 6.07) is 7.35. The van der Waals surface area contributed by atoms with Gasteiger partial charge in [-0.25, -0.2) is 0 Å². The Kier molecular flexibility index (Phi) is 6.33. The van der Waals surface area contributed by atoms with Gasteiger partial charge in [0, 0.05) is 42.9 Å². The number of rotatable bonds is 7. The zero-order valence-electron chi connectivity index (χ0n) is 12.5. The van der Waals surface area contributed by atoms with Gasteiger partial charge in [-0.2, -0.15) is 0 Å². The predicted octanol–water partition coefficient (Wildman–Crippen LogP) is 3.56. The lowest BCUT2D eigenvalue weighted by molar-refractivity contribution is 0.199. The minimum Gasteiger partial charge on any atom is -0.383 e. The highest BCUT2D eigenvalue weighted by Gasteiger charge is 2.24. The normalized spacial score (nSPS) is 18.8. The standard InChI is InChI=1S/C16H25BrN2O/c1-3-15-5-4-9-19(15)16-7-6-14(17)11-13(16)12-18-8-10-20-2/h6-7,11,15,18H,3-5,8-10,12H2,1-2H3. The Bertz CT molecular complexity index is 425. The van der Waals surface area contributed by atoms with Crippen LogP contribution in [-0.4, -0.2) is 32.8 Å². The lowest BCUT2D eigenvalue weighted by Gasteiger charge is -2.28. The second-order valence-electron chi connectivity index (χ2n) is 5.34. The van der Waals surface area contributed by atoms with Crippen molar-refractivity contribution >= 4 is 21.6 Å². The van der Waals surface area contributed by atoms with E-state index in [0.29, 0.717) is 6.04 Å². The monoisotopic (exact) mass is 340 g/mol. The average molecular weight is 341 g/mol. The van der Waals surface area contributed by atoms with Gasteiger partial charge in [-0.15, -0.1) is 0 Å². The molecule has 2 rings (SSSR count). The van der Waals surface area contributed by atoms with Crippen molar-refractivity contribution in [3.8, 4) is 0 Å². The van der Waals surface area contributed by atoms with E-state index in [0.717, 1.165) is 24.2 Å². The van der Waals surface area contributed by atoms with Crippen LogP contribution in [0.5, 0.6) is 0 Å². The summed E-state index contributed by atoms with van der Waals surface area (Å²) in [5.41, 5.74) is 2.76. The van der Waals surface area contributed by atoms with Crippen LogP contribution in [0.2, 0.25) is 0 Å². The van der Waals surface area contributed by atoms with E-state index in [-0.39, 0.29) is 0 Å². The fourth-order valence-corrected chi connectivity index (χ4v) is 3.36. The lowest BCUT2D eigenvalue weighted by atomic mass is 10.1. The van der Waals surface area contributed by atoms with Crippen molar-refractivity contribution in [2.75, 3.05) is 31.7 Å². The molecule has 1 heterocycles. The Hall–Kier alpha value is -0.580. The maximum Gasteiger partial charge on any atom is 0.0587 e. The Morgan fingerprint density at radius 1 is 1.45 bits per heavy atom. The van der Waals surface area contributed by atoms with E-state index < -0.39 is 0 Å². The molecule has 1 atom stereocenters. The van der Waals surface area contributed by atoms with Gasteiger partial charge in [0.05, 0.1) is 6.61 Å². The van der Waals surface area contributed by atoms with Crippen LogP contribution < -0.4 is 10.2 Å². The van der Waals surface area contributed by atoms with Crippen LogP contribution in [-0.2, 0) is 11.3 Å². The van der Waals surface area contributed by atoms with Crippen molar-refractivity contribution in [3.05, 3.63) is 28.2 Å². The fraction of sp³-hybridized carbons (Fsp3) is 0.625. The largest absolute Gasteiger partial charge is 0.383 e. The molecule has 0 bridgehead atoms. The number of halogens is 1. The topological polar surface area (TPSA) is 24.5 Å². The molecule has 20 heavy (non-hydrogen) atoms. The highest BCUT2D eigenvalue weighted by Crippen LogP contribution is 2.31. The second-order valence-corrected chi connectivity index (χ2v) is 6.26. The van der Waals surface area contributed by atoms with Gasteiger partial charge in [-0.05, 0) is 43.0 Å². The van der Waals surface area contributed by atoms with E-state index in [2.05, 4.69) is 51.3 Å². The summed E-state index contributed by atoms with van der Waals surface area (Å²) in [5, 5.41) is 3.45. The van der Waals surface area contributed by atoms with E-state index in [4.69, 9.17) is 4.74 Å². The number of methoxy groups -OCH3 is 1. The molecule has 3 nitrogen and oxygen atoms in total. The molecule has 0 spiro atoms. The molecule has 1 aliphatic heterocycles. The number of ether oxygens (including phenoxy) is 1. The summed E-state index contributed by atoms with van der Waals surface area (Å²) in [6.45, 7) is 6.01. The number of anilines is 1. The maximum atomic E-state index is 5.09. The Morgan fingerprint density at radius 3 is 3.05 bits per heavy atom. The molecular formula is C16H25BrN2O. The van der Waals surface area contributed by atoms with Gasteiger partial charge < -0.3 is 15.0 Å². The van der Waals surface area contributed by atoms with Gasteiger partial charge in [-0.1, -0.05) is 22.9 Å². The van der Waals surface area contributed by atoms with Crippen molar-refractivity contribution in [3.63, 3.8) is 0 Å². The maximum absolute atomic E-state index is 5.09. The average Bonchev–Trinajstić information content (AvgIpc) is 2.92. The Labute approximate surface area is 130 Å². The third-order valence-electron chi connectivity index (χ3n) is 4.00. The molecule has 1 fully saturated rings. The van der Waals surface area contributed by atoms with E-state index >= 15 is 0 Å². The van der Waals surface area contributed by atoms with Crippen molar-refractivity contribution < 1.29 is 4.74 Å². The van der Waals surface area contributed by atoms with E-state index in [1.54, 1.807) is 7.11 Å². The molecule has 0 saturated carbocycles. The zero-order valence-corrected chi connectivity index (χ0v) is 14.1. The molecule has 0 radical (unpaired) electrons. The molecule has 0 aromatic heterocycles. The minimum atomic E-state index is 0.703. The Balaban J connectivity index is 2.10. The molecular weight excluding hydrogens is 316 g/mol. The summed E-state index contributed by atoms with van der Waals surface area (Å²) < 4.78 is 6.24. The van der Waals surface area contributed by atoms with Crippen molar-refractivity contribution in [1.29, 1.82) is 0 Å². The first-order chi connectivity index (χ1) is 9.76. The number of hydrogen-bond acceptors (Lipinski definition) is 3. The number of hydrogen-bond donors (Lipinski definition) is 1. The summed E-state index contributed by atoms with van der Waals surface area (Å²) >= 11 is 3.59. The molecule has 1 N–H and O–H groups in total. The molecule has 112 valence electrons. The molecule has 4 heteroatoms. The van der Waals surface area contributed by atoms with Crippen LogP contribution in [0, 0.1) is 0 Å². The number of nitrogens with zero attached hydrogens (tertiary/aromatic N) is 1. The van der Waals surface area contributed by atoms with Crippen LogP contribution >= 0.6 is 15.9 Å². The summed E-state index contributed by atoms with van der Waals surface area (Å²) in [7, 11) is 1.74. The minimum absolute atomic E-state index is 0.703. The summed E-state index contributed by atoms with van der Waals surface area (Å²) in [6.07, 6.45) is 3.86. The smallest absolute Gasteiger partial charge is 0.0587 e. The molecule has 1 aromatic carbocycles. The molecule has 1 aromatic rings. The third kappa shape index (κ3) is 3.96. The number of benzene rings is 1. The lowest BCUT2D eigenvalue weighted by Crippen LogP contribution is -2.30. The van der Waals surface area contributed by atoms with Gasteiger partial charge in [0.15, 0.2) is 0 Å². The molecule has 0 amide bonds. The molecule has 1 aliphatic rings. The molecule has 1 saturated heterocycles. The summed E-state index contributed by atoms with van der Waals surface area (Å²) in [5.74, 6) is 0. The van der Waals surface area contributed by atoms with E-state index in [1.165, 1.54) is 37.1 Å². The first-order valence-corrected chi connectivity index (χ1v) is 8.30. The first kappa shape index (κ1) is 15.8. The second kappa shape index (κ2) is 8.01. The third-order valence-corrected chi connectivity index (χ3v) is 4.49. The van der Waals surface area contributed by atoms with Crippen LogP contribution in [0.4, 0.5) is 5.69 Å². The summed E-state index contributed by atoms with van der Waals surface area (Å²) in [4.78, 5) is 2.58. The quantitative estimate of drug-likeness (QED) is 0.768. The van der Waals surface area contributed by atoms with Crippen LogP contribution in [0.3, 0.4) is 0 Å². The highest BCUT2D eigenvalue weighted by molar-refractivity contribution is 9.10. The molecule has 0 aliphatic carbocycles. The van der Waals surface area contributed by atoms with Crippen LogP contribution in [0.15, 0.2) is 22.7 Å². The SMILES string of the molecule is CCC1CCCN1c1ccc(Br)cc1CNCCOC. The predicted molar refractivity (Wildman–Crippen MR) is 88.4 cm³/mol. The van der Waals surface area contributed by atoms with Gasteiger partial charge >= 0.3 is 0 Å². The van der Waals surface area contributed by atoms with Gasteiger partial charge in [0.2, 0.25) is 0 Å². The van der Waals surface area contributed by atoms with Crippen molar-refractivity contribution in [2.45, 2.75) is 38.8 Å².